The topological polar surface area (TPSA) is 82.5 Å². The first-order chi connectivity index (χ1) is 14.0. The molecule has 1 N–H and O–H groups in total. The fourth-order valence-corrected chi connectivity index (χ4v) is 3.08. The van der Waals surface area contributed by atoms with Crippen molar-refractivity contribution in [3.05, 3.63) is 64.1 Å². The largest absolute Gasteiger partial charge is 0.490 e. The number of carbonyl (C=O) groups excluding carboxylic acids is 1. The maximum Gasteiger partial charge on any atom is 0.282 e. The van der Waals surface area contributed by atoms with E-state index in [9.17, 15) is 9.59 Å². The molecule has 1 amide bonds. The quantitative estimate of drug-likeness (QED) is 0.634. The lowest BCUT2D eigenvalue weighted by Gasteiger charge is -2.13. The van der Waals surface area contributed by atoms with Gasteiger partial charge < -0.3 is 19.4 Å². The summed E-state index contributed by atoms with van der Waals surface area (Å²) in [5, 5.41) is 2.78. The van der Waals surface area contributed by atoms with E-state index in [0.717, 1.165) is 5.56 Å². The Morgan fingerprint density at radius 3 is 2.55 bits per heavy atom. The summed E-state index contributed by atoms with van der Waals surface area (Å²) in [6.07, 6.45) is 0.589. The summed E-state index contributed by atoms with van der Waals surface area (Å²) in [5.74, 6) is 0.904. The van der Waals surface area contributed by atoms with Crippen LogP contribution >= 0.6 is 0 Å². The number of benzene rings is 2. The molecule has 0 fully saturated rings. The highest BCUT2D eigenvalue weighted by atomic mass is 16.5. The molecule has 0 radical (unpaired) electrons. The average Bonchev–Trinajstić information content (AvgIpc) is 2.72. The molecule has 0 saturated heterocycles. The molecule has 0 aliphatic carbocycles. The Labute approximate surface area is 169 Å². The van der Waals surface area contributed by atoms with Crippen molar-refractivity contribution in [1.29, 1.82) is 0 Å². The first kappa shape index (κ1) is 20.4. The van der Waals surface area contributed by atoms with Crippen LogP contribution in [0.2, 0.25) is 0 Å². The van der Waals surface area contributed by atoms with E-state index in [1.807, 2.05) is 44.2 Å². The van der Waals surface area contributed by atoms with Gasteiger partial charge in [-0.2, -0.15) is 0 Å². The molecule has 1 aromatic heterocycles. The Bertz CT molecular complexity index is 1080. The number of aromatic nitrogens is 2. The molecule has 0 aliphatic heterocycles. The Morgan fingerprint density at radius 2 is 1.79 bits per heavy atom. The van der Waals surface area contributed by atoms with Gasteiger partial charge in [0.05, 0.1) is 24.2 Å². The van der Waals surface area contributed by atoms with E-state index in [4.69, 9.17) is 9.47 Å². The fourth-order valence-electron chi connectivity index (χ4n) is 3.08. The van der Waals surface area contributed by atoms with E-state index >= 15 is 0 Å². The van der Waals surface area contributed by atoms with Gasteiger partial charge in [0, 0.05) is 13.6 Å². The molecule has 3 aromatic rings. The Balaban J connectivity index is 1.70. The minimum Gasteiger partial charge on any atom is -0.490 e. The van der Waals surface area contributed by atoms with Crippen molar-refractivity contribution in [1.82, 2.24) is 14.9 Å². The Morgan fingerprint density at radius 1 is 1.07 bits per heavy atom. The number of hydrogen-bond acceptors (Lipinski definition) is 5. The maximum atomic E-state index is 12.5. The lowest BCUT2D eigenvalue weighted by atomic mass is 10.1. The lowest BCUT2D eigenvalue weighted by Crippen LogP contribution is -2.34. The molecule has 0 unspecified atom stereocenters. The van der Waals surface area contributed by atoms with Crippen molar-refractivity contribution < 1.29 is 14.3 Å². The van der Waals surface area contributed by atoms with Crippen molar-refractivity contribution in [2.24, 2.45) is 7.05 Å². The normalized spacial score (nSPS) is 10.7. The molecule has 3 rings (SSSR count). The average molecular weight is 395 g/mol. The van der Waals surface area contributed by atoms with Gasteiger partial charge >= 0.3 is 0 Å². The molecule has 0 saturated carbocycles. The second kappa shape index (κ2) is 9.23. The van der Waals surface area contributed by atoms with Crippen LogP contribution in [0.5, 0.6) is 11.5 Å². The summed E-state index contributed by atoms with van der Waals surface area (Å²) in [7, 11) is 1.64. The molecular weight excluding hydrogens is 370 g/mol. The van der Waals surface area contributed by atoms with Gasteiger partial charge in [-0.1, -0.05) is 18.2 Å². The van der Waals surface area contributed by atoms with Crippen LogP contribution in [0.4, 0.5) is 0 Å². The van der Waals surface area contributed by atoms with Gasteiger partial charge in [-0.3, -0.25) is 9.59 Å². The number of amides is 1. The zero-order valence-electron chi connectivity index (χ0n) is 16.9. The minimum atomic E-state index is -0.479. The number of nitrogens with one attached hydrogen (secondary N) is 1. The smallest absolute Gasteiger partial charge is 0.282 e. The molecule has 152 valence electrons. The predicted molar refractivity (Wildman–Crippen MR) is 112 cm³/mol. The number of aryl methyl sites for hydroxylation is 1. The summed E-state index contributed by atoms with van der Waals surface area (Å²) in [6.45, 7) is 5.31. The lowest BCUT2D eigenvalue weighted by molar-refractivity contribution is 0.0947. The van der Waals surface area contributed by atoms with Gasteiger partial charge in [-0.25, -0.2) is 4.98 Å². The van der Waals surface area contributed by atoms with Crippen LogP contribution in [0.25, 0.3) is 11.0 Å². The fraction of sp³-hybridized carbons (Fsp3) is 0.318. The van der Waals surface area contributed by atoms with E-state index < -0.39 is 11.5 Å². The number of nitrogens with zero attached hydrogens (tertiary/aromatic N) is 2. The van der Waals surface area contributed by atoms with Crippen molar-refractivity contribution in [2.45, 2.75) is 20.3 Å². The molecule has 7 heteroatoms. The van der Waals surface area contributed by atoms with Gasteiger partial charge in [0.25, 0.3) is 11.5 Å². The zero-order chi connectivity index (χ0) is 20.8. The predicted octanol–water partition coefficient (Wildman–Crippen LogP) is 2.70. The Hall–Kier alpha value is -3.35. The molecule has 0 spiro atoms. The van der Waals surface area contributed by atoms with Gasteiger partial charge in [0.2, 0.25) is 0 Å². The third kappa shape index (κ3) is 4.56. The van der Waals surface area contributed by atoms with Crippen molar-refractivity contribution in [2.75, 3.05) is 19.8 Å². The zero-order valence-corrected chi connectivity index (χ0v) is 16.9. The van der Waals surface area contributed by atoms with Crippen LogP contribution in [0, 0.1) is 0 Å². The summed E-state index contributed by atoms with van der Waals surface area (Å²) in [6, 6.07) is 12.9. The third-order valence-electron chi connectivity index (χ3n) is 4.50. The number of ether oxygens (including phenoxy) is 2. The molecule has 7 nitrogen and oxygen atoms in total. The van der Waals surface area contributed by atoms with Crippen LogP contribution in [-0.4, -0.2) is 35.2 Å². The monoisotopic (exact) mass is 395 g/mol. The number of para-hydroxylation sites is 2. The molecule has 0 bridgehead atoms. The molecular formula is C22H25N3O4. The third-order valence-corrected chi connectivity index (χ3v) is 4.50. The SMILES string of the molecule is CCOc1ccc(CCNC(=O)c2nc3ccccc3n(C)c2=O)cc1OCC. The van der Waals surface area contributed by atoms with Crippen LogP contribution in [0.1, 0.15) is 29.9 Å². The van der Waals surface area contributed by atoms with Gasteiger partial charge in [-0.15, -0.1) is 0 Å². The van der Waals surface area contributed by atoms with E-state index in [-0.39, 0.29) is 5.69 Å². The van der Waals surface area contributed by atoms with E-state index in [1.165, 1.54) is 4.57 Å². The highest BCUT2D eigenvalue weighted by molar-refractivity contribution is 5.93. The molecule has 2 aromatic carbocycles. The standard InChI is InChI=1S/C22H25N3O4/c1-4-28-18-11-10-15(14-19(18)29-5-2)12-13-23-21(26)20-22(27)25(3)17-9-7-6-8-16(17)24-20/h6-11,14H,4-5,12-13H2,1-3H3,(H,23,26). The second-order valence-corrected chi connectivity index (χ2v) is 6.47. The van der Waals surface area contributed by atoms with Gasteiger partial charge in [0.1, 0.15) is 0 Å². The van der Waals surface area contributed by atoms with Crippen LogP contribution in [-0.2, 0) is 13.5 Å². The maximum absolute atomic E-state index is 12.5. The Kier molecular flexibility index (Phi) is 6.49. The van der Waals surface area contributed by atoms with Gasteiger partial charge in [0.15, 0.2) is 17.2 Å². The molecule has 29 heavy (non-hydrogen) atoms. The summed E-state index contributed by atoms with van der Waals surface area (Å²) < 4.78 is 12.6. The highest BCUT2D eigenvalue weighted by Gasteiger charge is 2.15. The van der Waals surface area contributed by atoms with Crippen molar-refractivity contribution in [3.8, 4) is 11.5 Å². The van der Waals surface area contributed by atoms with E-state index in [0.29, 0.717) is 48.7 Å². The highest BCUT2D eigenvalue weighted by Crippen LogP contribution is 2.28. The van der Waals surface area contributed by atoms with Crippen molar-refractivity contribution >= 4 is 16.9 Å². The first-order valence-corrected chi connectivity index (χ1v) is 9.67. The number of carbonyl (C=O) groups is 1. The second-order valence-electron chi connectivity index (χ2n) is 6.47. The number of fused-ring (bicyclic) bond motifs is 1. The van der Waals surface area contributed by atoms with Crippen LogP contribution in [0.15, 0.2) is 47.3 Å². The van der Waals surface area contributed by atoms with Crippen LogP contribution < -0.4 is 20.3 Å². The van der Waals surface area contributed by atoms with Crippen molar-refractivity contribution in [3.63, 3.8) is 0 Å². The first-order valence-electron chi connectivity index (χ1n) is 9.67. The van der Waals surface area contributed by atoms with E-state index in [1.54, 1.807) is 19.2 Å². The number of hydrogen-bond donors (Lipinski definition) is 1. The molecule has 0 aliphatic rings. The summed E-state index contributed by atoms with van der Waals surface area (Å²) >= 11 is 0. The van der Waals surface area contributed by atoms with E-state index in [2.05, 4.69) is 10.3 Å². The number of rotatable bonds is 8. The summed E-state index contributed by atoms with van der Waals surface area (Å²) in [4.78, 5) is 29.3. The molecule has 1 heterocycles. The minimum absolute atomic E-state index is 0.104. The molecule has 0 atom stereocenters. The van der Waals surface area contributed by atoms with Crippen LogP contribution in [0.3, 0.4) is 0 Å². The van der Waals surface area contributed by atoms with Gasteiger partial charge in [-0.05, 0) is 50.1 Å². The summed E-state index contributed by atoms with van der Waals surface area (Å²) in [5.41, 5.74) is 1.77.